The normalized spacial score (nSPS) is 11.5. The Balaban J connectivity index is 0. The van der Waals surface area contributed by atoms with Crippen molar-refractivity contribution >= 4 is 47.5 Å². The Hall–Kier alpha value is -0.430. The number of rotatable bonds is 18. The minimum atomic E-state index is -1.17. The molecule has 160 valence electrons. The summed E-state index contributed by atoms with van der Waals surface area (Å²) >= 11 is 0. The average Bonchev–Trinajstić information content (AvgIpc) is 2.63. The Kier molecular flexibility index (Phi) is 22.6. The van der Waals surface area contributed by atoms with Crippen LogP contribution in [-0.4, -0.2) is 58.6 Å². The Labute approximate surface area is 192 Å². The molecule has 0 aliphatic rings. The summed E-state index contributed by atoms with van der Waals surface area (Å²) in [6, 6.07) is -1.10. The van der Waals surface area contributed by atoms with Crippen LogP contribution in [-0.2, 0) is 19.1 Å². The van der Waals surface area contributed by atoms with Gasteiger partial charge in [-0.3, -0.25) is 14.4 Å². The molecule has 28 heavy (non-hydrogen) atoms. The third-order valence-corrected chi connectivity index (χ3v) is 4.69. The summed E-state index contributed by atoms with van der Waals surface area (Å²) < 4.78 is 4.66. The van der Waals surface area contributed by atoms with Crippen molar-refractivity contribution in [2.75, 3.05) is 0 Å². The van der Waals surface area contributed by atoms with Crippen LogP contribution < -0.4 is 5.73 Å². The predicted molar refractivity (Wildman–Crippen MR) is 113 cm³/mol. The molecule has 0 fully saturated rings. The number of carboxylic acids is 1. The van der Waals surface area contributed by atoms with Crippen LogP contribution in [0.4, 0.5) is 0 Å². The Morgan fingerprint density at radius 3 is 1.57 bits per heavy atom. The van der Waals surface area contributed by atoms with E-state index in [4.69, 9.17) is 10.8 Å². The second-order valence-electron chi connectivity index (χ2n) is 7.32. The van der Waals surface area contributed by atoms with Crippen molar-refractivity contribution in [1.82, 2.24) is 0 Å². The Morgan fingerprint density at radius 2 is 1.14 bits per heavy atom. The van der Waals surface area contributed by atoms with Gasteiger partial charge in [0.2, 0.25) is 0 Å². The van der Waals surface area contributed by atoms with E-state index in [-0.39, 0.29) is 48.8 Å². The van der Waals surface area contributed by atoms with E-state index in [1.54, 1.807) is 0 Å². The van der Waals surface area contributed by atoms with Gasteiger partial charge in [-0.05, 0) is 12.8 Å². The molecular weight excluding hydrogens is 369 g/mol. The topological polar surface area (TPSA) is 107 Å². The van der Waals surface area contributed by atoms with E-state index in [1.807, 2.05) is 0 Å². The van der Waals surface area contributed by atoms with E-state index >= 15 is 0 Å². The summed E-state index contributed by atoms with van der Waals surface area (Å²) in [6.45, 7) is 2.24. The predicted octanol–water partition coefficient (Wildman–Crippen LogP) is 4.08. The van der Waals surface area contributed by atoms with Gasteiger partial charge >= 0.3 is 47.5 Å². The summed E-state index contributed by atoms with van der Waals surface area (Å²) in [6.07, 6.45) is 16.0. The number of carbonyl (C=O) groups is 3. The molecule has 0 heterocycles. The Bertz CT molecular complexity index is 418. The van der Waals surface area contributed by atoms with Crippen LogP contribution in [0.5, 0.6) is 0 Å². The van der Waals surface area contributed by atoms with E-state index in [9.17, 15) is 14.4 Å². The van der Waals surface area contributed by atoms with Crippen LogP contribution in [0.3, 0.4) is 0 Å². The molecular formula is C21H40NNaO5. The van der Waals surface area contributed by atoms with Gasteiger partial charge in [-0.2, -0.15) is 0 Å². The molecule has 0 unspecified atom stereocenters. The fraction of sp³-hybridized carbons (Fsp3) is 0.857. The maximum absolute atomic E-state index is 11.5. The van der Waals surface area contributed by atoms with E-state index in [0.717, 1.165) is 19.3 Å². The van der Waals surface area contributed by atoms with Crippen LogP contribution in [0.15, 0.2) is 0 Å². The van der Waals surface area contributed by atoms with E-state index in [1.165, 1.54) is 64.2 Å². The molecule has 0 aliphatic heterocycles. The third-order valence-electron chi connectivity index (χ3n) is 4.69. The van der Waals surface area contributed by atoms with Gasteiger partial charge in [0.05, 0.1) is 0 Å². The second kappa shape index (κ2) is 21.3. The fourth-order valence-electron chi connectivity index (χ4n) is 2.91. The standard InChI is InChI=1S/C21H39NO5.Na.H/c1-2-3-4-5-6-7-8-9-10-11-12-13-14-15-19(23)27-20(24)17-16-18(22)21(25)26;;/h18H,2-17,22H2,1H3,(H,25,26);;/t18-;;/m0../s1. The first-order valence-electron chi connectivity index (χ1n) is 10.7. The van der Waals surface area contributed by atoms with Gasteiger partial charge in [0.15, 0.2) is 0 Å². The first-order valence-corrected chi connectivity index (χ1v) is 10.7. The van der Waals surface area contributed by atoms with Gasteiger partial charge in [0, 0.05) is 12.8 Å². The molecule has 3 N–H and O–H groups in total. The summed E-state index contributed by atoms with van der Waals surface area (Å²) in [4.78, 5) is 33.5. The van der Waals surface area contributed by atoms with E-state index in [0.29, 0.717) is 0 Å². The van der Waals surface area contributed by atoms with Gasteiger partial charge in [-0.15, -0.1) is 0 Å². The SMILES string of the molecule is CCCCCCCCCCCCCCCC(=O)OC(=O)CC[C@H](N)C(=O)O.[NaH]. The minimum absolute atomic E-state index is 0. The maximum atomic E-state index is 11.5. The van der Waals surface area contributed by atoms with Gasteiger partial charge in [0.1, 0.15) is 6.04 Å². The monoisotopic (exact) mass is 409 g/mol. The fourth-order valence-corrected chi connectivity index (χ4v) is 2.91. The van der Waals surface area contributed by atoms with Crippen molar-refractivity contribution in [3.05, 3.63) is 0 Å². The molecule has 0 aromatic rings. The van der Waals surface area contributed by atoms with Crippen molar-refractivity contribution < 1.29 is 24.2 Å². The van der Waals surface area contributed by atoms with Crippen molar-refractivity contribution in [2.24, 2.45) is 5.73 Å². The molecule has 7 heteroatoms. The zero-order valence-corrected chi connectivity index (χ0v) is 17.0. The number of unbranched alkanes of at least 4 members (excludes halogenated alkanes) is 12. The molecule has 6 nitrogen and oxygen atoms in total. The van der Waals surface area contributed by atoms with E-state index < -0.39 is 23.9 Å². The number of nitrogens with two attached hydrogens (primary N) is 1. The molecule has 1 atom stereocenters. The second-order valence-corrected chi connectivity index (χ2v) is 7.32. The van der Waals surface area contributed by atoms with Crippen LogP contribution in [0.25, 0.3) is 0 Å². The van der Waals surface area contributed by atoms with Crippen LogP contribution >= 0.6 is 0 Å². The number of aliphatic carboxylic acids is 1. The quantitative estimate of drug-likeness (QED) is 0.153. The zero-order chi connectivity index (χ0) is 20.3. The molecule has 0 spiro atoms. The van der Waals surface area contributed by atoms with Gasteiger partial charge in [-0.25, -0.2) is 0 Å². The molecule has 0 saturated carbocycles. The molecule has 0 aromatic heterocycles. The van der Waals surface area contributed by atoms with Crippen LogP contribution in [0.2, 0.25) is 0 Å². The molecule has 0 bridgehead atoms. The first-order chi connectivity index (χ1) is 13.0. The number of carboxylic acid groups (broad SMARTS) is 1. The van der Waals surface area contributed by atoms with Crippen molar-refractivity contribution in [1.29, 1.82) is 0 Å². The number of hydrogen-bond acceptors (Lipinski definition) is 5. The summed E-state index contributed by atoms with van der Waals surface area (Å²) in [5.41, 5.74) is 5.29. The van der Waals surface area contributed by atoms with Crippen LogP contribution in [0.1, 0.15) is 110 Å². The third kappa shape index (κ3) is 20.3. The number of ether oxygens (including phenoxy) is 1. The van der Waals surface area contributed by atoms with Crippen molar-refractivity contribution in [2.45, 2.75) is 116 Å². The molecule has 0 amide bonds. The van der Waals surface area contributed by atoms with Crippen LogP contribution in [0, 0.1) is 0 Å². The molecule has 0 saturated heterocycles. The van der Waals surface area contributed by atoms with Gasteiger partial charge in [0.25, 0.3) is 0 Å². The van der Waals surface area contributed by atoms with Crippen molar-refractivity contribution in [3.8, 4) is 0 Å². The molecule has 0 radical (unpaired) electrons. The average molecular weight is 410 g/mol. The van der Waals surface area contributed by atoms with E-state index in [2.05, 4.69) is 11.7 Å². The zero-order valence-electron chi connectivity index (χ0n) is 17.0. The number of carbonyl (C=O) groups excluding carboxylic acids is 2. The van der Waals surface area contributed by atoms with Gasteiger partial charge < -0.3 is 15.6 Å². The van der Waals surface area contributed by atoms with Crippen molar-refractivity contribution in [3.63, 3.8) is 0 Å². The molecule has 0 rings (SSSR count). The van der Waals surface area contributed by atoms with Gasteiger partial charge in [-0.1, -0.05) is 84.0 Å². The molecule has 0 aromatic carbocycles. The summed E-state index contributed by atoms with van der Waals surface area (Å²) in [7, 11) is 0. The Morgan fingerprint density at radius 1 is 0.750 bits per heavy atom. The summed E-state index contributed by atoms with van der Waals surface area (Å²) in [5, 5.41) is 8.62. The summed E-state index contributed by atoms with van der Waals surface area (Å²) in [5.74, 6) is -2.40. The number of hydrogen-bond donors (Lipinski definition) is 2. The molecule has 0 aliphatic carbocycles. The number of esters is 2. The first kappa shape index (κ1) is 29.8.